The first-order chi connectivity index (χ1) is 18.1. The number of guanidine groups is 1. The molecule has 0 spiro atoms. The van der Waals surface area contributed by atoms with E-state index in [1.807, 2.05) is 78.8 Å². The minimum Gasteiger partial charge on any atom is -0.361 e. The molecule has 3 aromatic carbocycles. The number of anilines is 1. The quantitative estimate of drug-likeness (QED) is 0.227. The van der Waals surface area contributed by atoms with Gasteiger partial charge in [-0.15, -0.1) is 4.99 Å². The summed E-state index contributed by atoms with van der Waals surface area (Å²) in [5, 5.41) is 13.9. The van der Waals surface area contributed by atoms with Crippen LogP contribution in [0.4, 0.5) is 5.69 Å². The Morgan fingerprint density at radius 3 is 2.62 bits per heavy atom. The van der Waals surface area contributed by atoms with Crippen molar-refractivity contribution in [1.82, 2.24) is 14.8 Å². The molecule has 37 heavy (non-hydrogen) atoms. The lowest BCUT2D eigenvalue weighted by Gasteiger charge is -2.42. The number of H-pyrrole nitrogens is 1. The van der Waals surface area contributed by atoms with E-state index in [4.69, 9.17) is 0 Å². The van der Waals surface area contributed by atoms with E-state index in [1.54, 1.807) is 0 Å². The van der Waals surface area contributed by atoms with Gasteiger partial charge >= 0.3 is 0 Å². The van der Waals surface area contributed by atoms with Gasteiger partial charge in [0.2, 0.25) is 18.1 Å². The highest BCUT2D eigenvalue weighted by atomic mass is 16.2. The predicted octanol–water partition coefficient (Wildman–Crippen LogP) is 5.24. The standard InChI is InChI=1S/C30H30N6O/c1-22-9-5-7-13-26(22)34-30(33-21-31)35-17-18-36(28(20-35)23-10-3-2-4-11-23)29(37)16-15-24-19-32-27-14-8-6-12-25(24)27/h2-14,19,28,32H,15-18,20H2,1H3,(H,33,34). The number of fused-ring (bicyclic) bond motifs is 1. The molecule has 7 heteroatoms. The number of nitrogens with zero attached hydrogens (tertiary/aromatic N) is 4. The summed E-state index contributed by atoms with van der Waals surface area (Å²) in [6.07, 6.45) is 5.07. The first-order valence-corrected chi connectivity index (χ1v) is 12.6. The lowest BCUT2D eigenvalue weighted by atomic mass is 10.0. The average Bonchev–Trinajstić information content (AvgIpc) is 3.36. The zero-order valence-corrected chi connectivity index (χ0v) is 20.9. The van der Waals surface area contributed by atoms with Crippen molar-refractivity contribution in [2.75, 3.05) is 25.0 Å². The van der Waals surface area contributed by atoms with Crippen molar-refractivity contribution < 1.29 is 4.79 Å². The van der Waals surface area contributed by atoms with Crippen molar-refractivity contribution >= 4 is 28.5 Å². The van der Waals surface area contributed by atoms with Gasteiger partial charge in [0.25, 0.3) is 0 Å². The second-order valence-electron chi connectivity index (χ2n) is 9.29. The molecule has 0 radical (unpaired) electrons. The van der Waals surface area contributed by atoms with Crippen LogP contribution in [0, 0.1) is 18.4 Å². The van der Waals surface area contributed by atoms with Crippen LogP contribution in [-0.2, 0) is 11.2 Å². The smallest absolute Gasteiger partial charge is 0.223 e. The highest BCUT2D eigenvalue weighted by Gasteiger charge is 2.33. The molecule has 0 aliphatic carbocycles. The van der Waals surface area contributed by atoms with E-state index in [0.29, 0.717) is 38.4 Å². The summed E-state index contributed by atoms with van der Waals surface area (Å²) >= 11 is 0. The lowest BCUT2D eigenvalue weighted by molar-refractivity contribution is -0.135. The maximum absolute atomic E-state index is 13.6. The number of carbonyl (C=O) groups is 1. The average molecular weight is 491 g/mol. The van der Waals surface area contributed by atoms with Crippen LogP contribution < -0.4 is 5.32 Å². The van der Waals surface area contributed by atoms with Crippen LogP contribution in [0.25, 0.3) is 10.9 Å². The van der Waals surface area contributed by atoms with Gasteiger partial charge in [0, 0.05) is 48.8 Å². The van der Waals surface area contributed by atoms with Crippen LogP contribution in [-0.4, -0.2) is 46.3 Å². The number of benzene rings is 3. The Bertz CT molecular complexity index is 1450. The fraction of sp³-hybridized carbons (Fsp3) is 0.233. The molecule has 1 aliphatic rings. The molecular weight excluding hydrogens is 460 g/mol. The largest absolute Gasteiger partial charge is 0.361 e. The Labute approximate surface area is 217 Å². The summed E-state index contributed by atoms with van der Waals surface area (Å²) in [4.78, 5) is 25.0. The third kappa shape index (κ3) is 5.34. The molecule has 186 valence electrons. The molecule has 2 N–H and O–H groups in total. The molecule has 1 aliphatic heterocycles. The van der Waals surface area contributed by atoms with E-state index in [9.17, 15) is 10.1 Å². The molecule has 2 heterocycles. The Hall–Kier alpha value is -4.57. The van der Waals surface area contributed by atoms with Gasteiger partial charge < -0.3 is 20.1 Å². The number of nitrogens with one attached hydrogen (secondary N) is 2. The van der Waals surface area contributed by atoms with Gasteiger partial charge in [-0.2, -0.15) is 5.26 Å². The van der Waals surface area contributed by atoms with Gasteiger partial charge in [-0.3, -0.25) is 4.79 Å². The van der Waals surface area contributed by atoms with Crippen molar-refractivity contribution in [1.29, 1.82) is 5.26 Å². The number of hydrogen-bond donors (Lipinski definition) is 2. The number of amides is 1. The molecule has 1 unspecified atom stereocenters. The summed E-state index contributed by atoms with van der Waals surface area (Å²) in [6.45, 7) is 3.69. The number of hydrogen-bond acceptors (Lipinski definition) is 3. The number of para-hydroxylation sites is 2. The van der Waals surface area contributed by atoms with Crippen LogP contribution in [0.2, 0.25) is 0 Å². The fourth-order valence-electron chi connectivity index (χ4n) is 5.02. The molecule has 4 aromatic rings. The van der Waals surface area contributed by atoms with Crippen LogP contribution in [0.3, 0.4) is 0 Å². The van der Waals surface area contributed by atoms with Crippen molar-refractivity contribution in [3.8, 4) is 6.19 Å². The molecule has 1 amide bonds. The van der Waals surface area contributed by atoms with Crippen molar-refractivity contribution in [2.24, 2.45) is 4.99 Å². The monoisotopic (exact) mass is 490 g/mol. The first-order valence-electron chi connectivity index (χ1n) is 12.6. The second kappa shape index (κ2) is 11.0. The molecule has 1 saturated heterocycles. The van der Waals surface area contributed by atoms with Crippen LogP contribution in [0.15, 0.2) is 90.1 Å². The topological polar surface area (TPSA) is 87.5 Å². The SMILES string of the molecule is Cc1ccccc1N/C(=N/C#N)N1CCN(C(=O)CCc2c[nH]c3ccccc23)C(c2ccccc2)C1. The minimum absolute atomic E-state index is 0.129. The lowest BCUT2D eigenvalue weighted by Crippen LogP contribution is -2.53. The van der Waals surface area contributed by atoms with E-state index in [0.717, 1.165) is 27.9 Å². The van der Waals surface area contributed by atoms with Gasteiger partial charge in [-0.25, -0.2) is 0 Å². The molecule has 1 atom stereocenters. The highest BCUT2D eigenvalue weighted by molar-refractivity contribution is 5.95. The molecule has 7 nitrogen and oxygen atoms in total. The number of aromatic amines is 1. The molecule has 0 bridgehead atoms. The second-order valence-corrected chi connectivity index (χ2v) is 9.29. The Morgan fingerprint density at radius 1 is 1.05 bits per heavy atom. The number of carbonyl (C=O) groups excluding carboxylic acids is 1. The number of rotatable bonds is 5. The van der Waals surface area contributed by atoms with E-state index in [-0.39, 0.29) is 11.9 Å². The number of piperazine rings is 1. The summed E-state index contributed by atoms with van der Waals surface area (Å²) in [7, 11) is 0. The van der Waals surface area contributed by atoms with Gasteiger partial charge in [-0.1, -0.05) is 66.7 Å². The van der Waals surface area contributed by atoms with E-state index in [1.165, 1.54) is 5.39 Å². The molecule has 5 rings (SSSR count). The summed E-state index contributed by atoms with van der Waals surface area (Å²) in [5.74, 6) is 0.632. The fourth-order valence-corrected chi connectivity index (χ4v) is 5.02. The highest BCUT2D eigenvalue weighted by Crippen LogP contribution is 2.28. The number of aryl methyl sites for hydroxylation is 2. The number of nitriles is 1. The Kier molecular flexibility index (Phi) is 7.18. The van der Waals surface area contributed by atoms with Crippen LogP contribution in [0.5, 0.6) is 0 Å². The third-order valence-corrected chi connectivity index (χ3v) is 7.02. The van der Waals surface area contributed by atoms with E-state index in [2.05, 4.69) is 44.5 Å². The maximum atomic E-state index is 13.6. The van der Waals surface area contributed by atoms with Crippen molar-refractivity contribution in [2.45, 2.75) is 25.8 Å². The van der Waals surface area contributed by atoms with E-state index < -0.39 is 0 Å². The molecule has 1 fully saturated rings. The summed E-state index contributed by atoms with van der Waals surface area (Å²) in [5.41, 5.74) is 5.29. The van der Waals surface area contributed by atoms with Gasteiger partial charge in [0.15, 0.2) is 0 Å². The Morgan fingerprint density at radius 2 is 1.81 bits per heavy atom. The van der Waals surface area contributed by atoms with Crippen molar-refractivity contribution in [3.05, 3.63) is 102 Å². The zero-order valence-electron chi connectivity index (χ0n) is 20.9. The van der Waals surface area contributed by atoms with Gasteiger partial charge in [0.05, 0.1) is 6.04 Å². The van der Waals surface area contributed by atoms with Crippen molar-refractivity contribution in [3.63, 3.8) is 0 Å². The summed E-state index contributed by atoms with van der Waals surface area (Å²) < 4.78 is 0. The van der Waals surface area contributed by atoms with Crippen LogP contribution >= 0.6 is 0 Å². The zero-order chi connectivity index (χ0) is 25.6. The first kappa shape index (κ1) is 24.1. The molecule has 1 aromatic heterocycles. The maximum Gasteiger partial charge on any atom is 0.223 e. The number of aliphatic imine (C=N–C) groups is 1. The molecular formula is C30H30N6O. The third-order valence-electron chi connectivity index (χ3n) is 7.02. The van der Waals surface area contributed by atoms with E-state index >= 15 is 0 Å². The summed E-state index contributed by atoms with van der Waals surface area (Å²) in [6, 6.07) is 26.1. The number of aromatic nitrogens is 1. The molecule has 0 saturated carbocycles. The van der Waals surface area contributed by atoms with Gasteiger partial charge in [-0.05, 0) is 42.2 Å². The van der Waals surface area contributed by atoms with Crippen LogP contribution in [0.1, 0.15) is 29.2 Å². The minimum atomic E-state index is -0.145. The predicted molar refractivity (Wildman–Crippen MR) is 147 cm³/mol. The Balaban J connectivity index is 1.35. The normalized spacial score (nSPS) is 16.0. The van der Waals surface area contributed by atoms with Gasteiger partial charge in [0.1, 0.15) is 0 Å².